The molecule has 0 spiro atoms. The third kappa shape index (κ3) is 2.12. The molecule has 3 N–H and O–H groups in total. The van der Waals surface area contributed by atoms with Gasteiger partial charge in [-0.1, -0.05) is 5.21 Å². The Hall–Kier alpha value is -1.66. The first-order valence-corrected chi connectivity index (χ1v) is 5.06. The van der Waals surface area contributed by atoms with Crippen LogP contribution in [0.25, 0.3) is 0 Å². The van der Waals surface area contributed by atoms with Crippen LogP contribution in [0.2, 0.25) is 0 Å². The molecule has 0 aromatic carbocycles. The molecule has 6 heteroatoms. The van der Waals surface area contributed by atoms with Crippen LogP contribution in [0.3, 0.4) is 0 Å². The van der Waals surface area contributed by atoms with E-state index in [1.54, 1.807) is 10.9 Å². The van der Waals surface area contributed by atoms with E-state index in [0.29, 0.717) is 6.42 Å². The van der Waals surface area contributed by atoms with Crippen molar-refractivity contribution in [2.75, 3.05) is 0 Å². The van der Waals surface area contributed by atoms with Crippen LogP contribution in [0.15, 0.2) is 22.9 Å². The van der Waals surface area contributed by atoms with Crippen LogP contribution in [0.5, 0.6) is 0 Å². The largest absolute Gasteiger partial charge is 0.469 e. The zero-order valence-electron chi connectivity index (χ0n) is 9.34. The Bertz CT molecular complexity index is 461. The van der Waals surface area contributed by atoms with Gasteiger partial charge in [-0.15, -0.1) is 5.10 Å². The van der Waals surface area contributed by atoms with Gasteiger partial charge in [-0.05, 0) is 13.0 Å². The average Bonchev–Trinajstić information content (AvgIpc) is 2.84. The van der Waals surface area contributed by atoms with Gasteiger partial charge in [-0.3, -0.25) is 16.0 Å². The van der Waals surface area contributed by atoms with Crippen molar-refractivity contribution >= 4 is 0 Å². The first-order chi connectivity index (χ1) is 7.70. The third-order valence-electron chi connectivity index (χ3n) is 2.54. The first-order valence-electron chi connectivity index (χ1n) is 5.06. The summed E-state index contributed by atoms with van der Waals surface area (Å²) in [6.45, 7) is 1.91. The van der Waals surface area contributed by atoms with Crippen molar-refractivity contribution in [3.05, 3.63) is 35.5 Å². The molecule has 2 rings (SSSR count). The number of aryl methyl sites for hydroxylation is 2. The lowest BCUT2D eigenvalue weighted by atomic mass is 10.0. The Labute approximate surface area is 93.4 Å². The summed E-state index contributed by atoms with van der Waals surface area (Å²) in [5, 5.41) is 7.91. The van der Waals surface area contributed by atoms with E-state index in [9.17, 15) is 0 Å². The number of nitrogens with two attached hydrogens (primary N) is 1. The van der Waals surface area contributed by atoms with Crippen LogP contribution in [0.4, 0.5) is 0 Å². The molecule has 0 aliphatic rings. The zero-order valence-corrected chi connectivity index (χ0v) is 9.34. The summed E-state index contributed by atoms with van der Waals surface area (Å²) in [7, 11) is 1.84. The minimum absolute atomic E-state index is 0.00421. The van der Waals surface area contributed by atoms with E-state index in [-0.39, 0.29) is 6.04 Å². The standard InChI is InChI=1S/C10H15N5O/c1-7-9(3-4-16-7)10(12-11)5-8-6-15(2)14-13-8/h3-4,6,10,12H,5,11H2,1-2H3. The van der Waals surface area contributed by atoms with E-state index < -0.39 is 0 Å². The number of furan rings is 1. The molecule has 0 aliphatic heterocycles. The van der Waals surface area contributed by atoms with Crippen LogP contribution in [-0.2, 0) is 13.5 Å². The number of aromatic nitrogens is 3. The molecule has 0 radical (unpaired) electrons. The van der Waals surface area contributed by atoms with Crippen molar-refractivity contribution < 1.29 is 4.42 Å². The van der Waals surface area contributed by atoms with Crippen LogP contribution in [-0.4, -0.2) is 15.0 Å². The van der Waals surface area contributed by atoms with Gasteiger partial charge in [0.2, 0.25) is 0 Å². The maximum Gasteiger partial charge on any atom is 0.105 e. The van der Waals surface area contributed by atoms with Crippen LogP contribution in [0.1, 0.15) is 23.1 Å². The van der Waals surface area contributed by atoms with Gasteiger partial charge < -0.3 is 4.42 Å². The van der Waals surface area contributed by atoms with E-state index in [1.165, 1.54) is 0 Å². The molecule has 0 bridgehead atoms. The zero-order chi connectivity index (χ0) is 11.5. The molecule has 0 aliphatic carbocycles. The van der Waals surface area contributed by atoms with Crippen molar-refractivity contribution in [3.8, 4) is 0 Å². The van der Waals surface area contributed by atoms with Gasteiger partial charge in [0.25, 0.3) is 0 Å². The molecular formula is C10H15N5O. The topological polar surface area (TPSA) is 81.9 Å². The second kappa shape index (κ2) is 4.46. The van der Waals surface area contributed by atoms with Crippen molar-refractivity contribution in [2.45, 2.75) is 19.4 Å². The van der Waals surface area contributed by atoms with Crippen molar-refractivity contribution in [1.29, 1.82) is 0 Å². The summed E-state index contributed by atoms with van der Waals surface area (Å²) in [4.78, 5) is 0. The number of hydrazine groups is 1. The maximum atomic E-state index is 5.54. The fourth-order valence-electron chi connectivity index (χ4n) is 1.71. The first kappa shape index (κ1) is 10.8. The SMILES string of the molecule is Cc1occc1C(Cc1cn(C)nn1)NN. The van der Waals surface area contributed by atoms with Gasteiger partial charge in [0, 0.05) is 25.2 Å². The van der Waals surface area contributed by atoms with Gasteiger partial charge in [-0.25, -0.2) is 0 Å². The number of hydrogen-bond acceptors (Lipinski definition) is 5. The highest BCUT2D eigenvalue weighted by molar-refractivity contribution is 5.21. The maximum absolute atomic E-state index is 5.54. The van der Waals surface area contributed by atoms with Crippen molar-refractivity contribution in [1.82, 2.24) is 20.4 Å². The molecule has 86 valence electrons. The fourth-order valence-corrected chi connectivity index (χ4v) is 1.71. The van der Waals surface area contributed by atoms with Gasteiger partial charge in [-0.2, -0.15) is 0 Å². The van der Waals surface area contributed by atoms with Crippen LogP contribution in [0, 0.1) is 6.92 Å². The number of nitrogens with zero attached hydrogens (tertiary/aromatic N) is 3. The van der Waals surface area contributed by atoms with Gasteiger partial charge in [0.1, 0.15) is 5.76 Å². The molecule has 0 saturated heterocycles. The molecule has 1 unspecified atom stereocenters. The monoisotopic (exact) mass is 221 g/mol. The van der Waals surface area contributed by atoms with E-state index in [1.807, 2.05) is 26.2 Å². The number of nitrogens with one attached hydrogen (secondary N) is 1. The predicted octanol–water partition coefficient (Wildman–Crippen LogP) is 0.464. The van der Waals surface area contributed by atoms with Gasteiger partial charge >= 0.3 is 0 Å². The average molecular weight is 221 g/mol. The molecule has 0 saturated carbocycles. The molecule has 1 atom stereocenters. The molecule has 6 nitrogen and oxygen atoms in total. The van der Waals surface area contributed by atoms with Crippen LogP contribution < -0.4 is 11.3 Å². The lowest BCUT2D eigenvalue weighted by Gasteiger charge is -2.13. The summed E-state index contributed by atoms with van der Waals surface area (Å²) in [6.07, 6.45) is 4.22. The Morgan fingerprint density at radius 3 is 2.94 bits per heavy atom. The summed E-state index contributed by atoms with van der Waals surface area (Å²) >= 11 is 0. The third-order valence-corrected chi connectivity index (χ3v) is 2.54. The second-order valence-electron chi connectivity index (χ2n) is 3.74. The Kier molecular flexibility index (Phi) is 3.02. The quantitative estimate of drug-likeness (QED) is 0.579. The predicted molar refractivity (Wildman–Crippen MR) is 58.2 cm³/mol. The van der Waals surface area contributed by atoms with Crippen LogP contribution >= 0.6 is 0 Å². The lowest BCUT2D eigenvalue weighted by Crippen LogP contribution is -2.29. The molecular weight excluding hydrogens is 206 g/mol. The number of hydrogen-bond donors (Lipinski definition) is 2. The summed E-state index contributed by atoms with van der Waals surface area (Å²) in [6, 6.07) is 1.91. The second-order valence-corrected chi connectivity index (χ2v) is 3.74. The van der Waals surface area contributed by atoms with E-state index in [0.717, 1.165) is 17.0 Å². The summed E-state index contributed by atoms with van der Waals surface area (Å²) in [5.41, 5.74) is 4.71. The molecule has 0 amide bonds. The normalized spacial score (nSPS) is 12.9. The van der Waals surface area contributed by atoms with E-state index in [2.05, 4.69) is 15.7 Å². The van der Waals surface area contributed by atoms with Gasteiger partial charge in [0.15, 0.2) is 0 Å². The molecule has 0 fully saturated rings. The summed E-state index contributed by atoms with van der Waals surface area (Å²) < 4.78 is 6.93. The Morgan fingerprint density at radius 1 is 1.62 bits per heavy atom. The smallest absolute Gasteiger partial charge is 0.105 e. The highest BCUT2D eigenvalue weighted by Crippen LogP contribution is 2.20. The molecule has 2 aromatic heterocycles. The Balaban J connectivity index is 2.15. The molecule has 2 heterocycles. The minimum Gasteiger partial charge on any atom is -0.469 e. The fraction of sp³-hybridized carbons (Fsp3) is 0.400. The number of rotatable bonds is 4. The molecule has 16 heavy (non-hydrogen) atoms. The van der Waals surface area contributed by atoms with Crippen molar-refractivity contribution in [2.24, 2.45) is 12.9 Å². The minimum atomic E-state index is -0.00421. The van der Waals surface area contributed by atoms with E-state index >= 15 is 0 Å². The highest BCUT2D eigenvalue weighted by Gasteiger charge is 2.16. The molecule has 2 aromatic rings. The Morgan fingerprint density at radius 2 is 2.44 bits per heavy atom. The summed E-state index contributed by atoms with van der Waals surface area (Å²) in [5.74, 6) is 6.41. The van der Waals surface area contributed by atoms with Crippen molar-refractivity contribution in [3.63, 3.8) is 0 Å². The highest BCUT2D eigenvalue weighted by atomic mass is 16.3. The lowest BCUT2D eigenvalue weighted by molar-refractivity contribution is 0.499. The van der Waals surface area contributed by atoms with Gasteiger partial charge in [0.05, 0.1) is 18.0 Å². The van der Waals surface area contributed by atoms with E-state index in [4.69, 9.17) is 10.3 Å².